The number of nitrogens with two attached hydrogens (primary N) is 1. The molecule has 7 N–H and O–H groups in total. The molecular weight excluding hydrogens is 1020 g/mol. The predicted octanol–water partition coefficient (Wildman–Crippen LogP) is 5.45. The van der Waals surface area contributed by atoms with E-state index in [-0.39, 0.29) is 96.9 Å². The summed E-state index contributed by atoms with van der Waals surface area (Å²) in [4.78, 5) is 34.3. The van der Waals surface area contributed by atoms with Crippen LogP contribution in [0.4, 0.5) is 43.4 Å². The predicted molar refractivity (Wildman–Crippen MR) is 240 cm³/mol. The number of piperidine rings is 2. The Morgan fingerprint density at radius 2 is 1.14 bits per heavy atom. The van der Waals surface area contributed by atoms with Crippen molar-refractivity contribution in [2.45, 2.75) is 85.4 Å². The van der Waals surface area contributed by atoms with Crippen LogP contribution in [-0.2, 0) is 43.6 Å². The molecule has 20 nitrogen and oxygen atoms in total. The van der Waals surface area contributed by atoms with Gasteiger partial charge in [0, 0.05) is 63.1 Å². The minimum absolute atomic E-state index is 0.0233. The number of rotatable bonds is 13. The lowest BCUT2D eigenvalue weighted by Gasteiger charge is -2.36. The number of nitrogen functional groups attached to an aromatic ring is 1. The molecule has 0 radical (unpaired) electrons. The van der Waals surface area contributed by atoms with Crippen LogP contribution in [-0.4, -0.2) is 119 Å². The zero-order chi connectivity index (χ0) is 50.1. The number of hydrogen-bond donors (Lipinski definition) is 6. The van der Waals surface area contributed by atoms with Gasteiger partial charge in [0.25, 0.3) is 20.0 Å². The van der Waals surface area contributed by atoms with Crippen LogP contribution in [0.15, 0.2) is 52.7 Å². The summed E-state index contributed by atoms with van der Waals surface area (Å²) in [6, 6.07) is -0.914. The Kier molecular flexibility index (Phi) is 13.4. The van der Waals surface area contributed by atoms with Gasteiger partial charge in [-0.15, -0.1) is 22.7 Å². The average Bonchev–Trinajstić information content (AvgIpc) is 4.13. The van der Waals surface area contributed by atoms with Crippen molar-refractivity contribution in [1.29, 1.82) is 0 Å². The minimum atomic E-state index is -4.96. The molecule has 2 aliphatic heterocycles. The first-order valence-corrected chi connectivity index (χ1v) is 26.0. The molecule has 8 rings (SSSR count). The highest BCUT2D eigenvalue weighted by Crippen LogP contribution is 2.48. The molecule has 0 amide bonds. The third kappa shape index (κ3) is 9.88. The molecule has 0 saturated carbocycles. The first-order chi connectivity index (χ1) is 32.2. The molecular formula is C38H42F6N14O6S5. The number of sulfonamides is 2. The molecule has 0 aromatic carbocycles. The second-order valence-electron chi connectivity index (χ2n) is 16.8. The topological polar surface area (TPSA) is 284 Å². The maximum absolute atomic E-state index is 14.4. The monoisotopic (exact) mass is 1060 g/mol. The van der Waals surface area contributed by atoms with Crippen LogP contribution in [0.5, 0.6) is 0 Å². The van der Waals surface area contributed by atoms with Crippen LogP contribution in [0.25, 0.3) is 21.1 Å². The molecule has 6 atom stereocenters. The van der Waals surface area contributed by atoms with Crippen LogP contribution < -0.4 is 16.4 Å². The van der Waals surface area contributed by atoms with Crippen molar-refractivity contribution in [2.24, 2.45) is 11.8 Å². The number of thiazole rings is 3. The quantitative estimate of drug-likeness (QED) is 0.0784. The number of halogens is 6. The number of H-pyrrole nitrogens is 1. The van der Waals surface area contributed by atoms with Crippen molar-refractivity contribution in [3.63, 3.8) is 0 Å². The number of alkyl halides is 6. The molecule has 0 spiro atoms. The standard InChI is InChI=1S/C38H42F6N14O6S5/c1-18-15-57(68(61,62)26-13-46-17-52-26)7-5-22(18)53-33-50-9-20(37(39,40)41)28(55-33)24-11-47-30(65-24)35(3,59)36(4,60)31-48-12-25(66-31)29-21(38(42,43)44)10-51-34(56-29)54-23-6-8-58(16-19(23)2)69(63,64)27-14-49-32(45)67-27/h9-14,17-19,22-23,59-60H,5-8,15-16H2,1-4H3,(H2,45,49)(H,46,52)(H,50,53,55)(H,51,54,56)/t18-,19-,22+,23+,35?,36?/m1/s1. The first-order valence-electron chi connectivity index (χ1n) is 20.7. The molecule has 31 heteroatoms. The SMILES string of the molecule is C[C@@H]1CN(S(=O)(=O)c2cnc[nH]2)CC[C@@H]1Nc1ncc(C(F)(F)F)c(-c2cnc(C(C)(O)C(C)(O)c3ncc(-c4nc(N[C@H]5CCN(S(=O)(=O)c6cnc(N)s6)C[C@H]5C)ncc4C(F)(F)F)s3)s2)n1. The summed E-state index contributed by atoms with van der Waals surface area (Å²) >= 11 is 1.95. The Morgan fingerprint density at radius 1 is 0.681 bits per heavy atom. The number of nitrogens with zero attached hydrogens (tertiary/aromatic N) is 10. The molecule has 2 saturated heterocycles. The van der Waals surface area contributed by atoms with Gasteiger partial charge in [0.2, 0.25) is 11.9 Å². The zero-order valence-corrected chi connectivity index (χ0v) is 40.6. The Balaban J connectivity index is 1.01. The smallest absolute Gasteiger partial charge is 0.379 e. The summed E-state index contributed by atoms with van der Waals surface area (Å²) in [5.74, 6) is -1.11. The van der Waals surface area contributed by atoms with Crippen molar-refractivity contribution in [2.75, 3.05) is 42.5 Å². The zero-order valence-electron chi connectivity index (χ0n) is 36.5. The number of imidazole rings is 1. The lowest BCUT2D eigenvalue weighted by Crippen LogP contribution is -2.47. The van der Waals surface area contributed by atoms with Gasteiger partial charge in [-0.2, -0.15) is 35.0 Å². The minimum Gasteiger partial charge on any atom is -0.379 e. The molecule has 2 unspecified atom stereocenters. The normalized spacial score (nSPS) is 22.0. The third-order valence-corrected chi connectivity index (χ3v) is 19.3. The Morgan fingerprint density at radius 3 is 1.54 bits per heavy atom. The number of aliphatic hydroxyl groups is 2. The van der Waals surface area contributed by atoms with E-state index in [1.165, 1.54) is 27.3 Å². The summed E-state index contributed by atoms with van der Waals surface area (Å²) in [7, 11) is -7.77. The van der Waals surface area contributed by atoms with Gasteiger partial charge in [0.05, 0.1) is 39.9 Å². The highest BCUT2D eigenvalue weighted by atomic mass is 32.2. The summed E-state index contributed by atoms with van der Waals surface area (Å²) in [5, 5.41) is 29.3. The van der Waals surface area contributed by atoms with Crippen molar-refractivity contribution >= 4 is 71.1 Å². The van der Waals surface area contributed by atoms with E-state index in [1.807, 2.05) is 0 Å². The molecule has 6 aromatic heterocycles. The third-order valence-electron chi connectivity index (χ3n) is 12.0. The lowest BCUT2D eigenvalue weighted by atomic mass is 9.87. The number of aromatic nitrogens is 9. The highest BCUT2D eigenvalue weighted by molar-refractivity contribution is 7.91. The highest BCUT2D eigenvalue weighted by Gasteiger charge is 2.50. The summed E-state index contributed by atoms with van der Waals surface area (Å²) < 4.78 is 142. The summed E-state index contributed by atoms with van der Waals surface area (Å²) in [5.41, 5.74) is -2.92. The summed E-state index contributed by atoms with van der Waals surface area (Å²) in [6.07, 6.45) is -2.61. The lowest BCUT2D eigenvalue weighted by molar-refractivity contribution is -0.143. The van der Waals surface area contributed by atoms with Crippen molar-refractivity contribution in [3.8, 4) is 21.1 Å². The van der Waals surface area contributed by atoms with Gasteiger partial charge in [-0.25, -0.2) is 56.7 Å². The maximum Gasteiger partial charge on any atom is 0.420 e. The second kappa shape index (κ2) is 18.3. The number of anilines is 3. The van der Waals surface area contributed by atoms with Crippen LogP contribution >= 0.6 is 34.0 Å². The fourth-order valence-corrected chi connectivity index (χ4v) is 14.0. The van der Waals surface area contributed by atoms with E-state index in [0.717, 1.165) is 37.6 Å². The van der Waals surface area contributed by atoms with Crippen LogP contribution in [0, 0.1) is 11.8 Å². The van der Waals surface area contributed by atoms with E-state index in [9.17, 15) is 53.4 Å². The first kappa shape index (κ1) is 50.4. The largest absolute Gasteiger partial charge is 0.420 e. The van der Waals surface area contributed by atoms with Crippen LogP contribution in [0.1, 0.15) is 61.7 Å². The molecule has 2 fully saturated rings. The van der Waals surface area contributed by atoms with Crippen molar-refractivity contribution in [3.05, 3.63) is 64.7 Å². The number of aromatic amines is 1. The second-order valence-corrected chi connectivity index (χ2v) is 24.0. The molecule has 0 bridgehead atoms. The van der Waals surface area contributed by atoms with Crippen molar-refractivity contribution in [1.82, 2.24) is 53.5 Å². The number of nitrogens with one attached hydrogen (secondary N) is 3. The van der Waals surface area contributed by atoms with Gasteiger partial charge in [0.1, 0.15) is 32.3 Å². The van der Waals surface area contributed by atoms with E-state index in [4.69, 9.17) is 5.73 Å². The van der Waals surface area contributed by atoms with E-state index in [0.29, 0.717) is 35.1 Å². The molecule has 0 aliphatic carbocycles. The Labute approximate surface area is 401 Å². The number of hydrogen-bond acceptors (Lipinski definition) is 20. The van der Waals surface area contributed by atoms with Gasteiger partial charge in [0.15, 0.2) is 14.4 Å². The molecule has 6 aromatic rings. The molecule has 69 heavy (non-hydrogen) atoms. The van der Waals surface area contributed by atoms with Gasteiger partial charge in [-0.1, -0.05) is 25.2 Å². The van der Waals surface area contributed by atoms with Crippen molar-refractivity contribution < 1.29 is 53.4 Å². The van der Waals surface area contributed by atoms with Crippen LogP contribution in [0.2, 0.25) is 0 Å². The van der Waals surface area contributed by atoms with E-state index >= 15 is 0 Å². The molecule has 2 aliphatic rings. The Hall–Kier alpha value is -5.02. The van der Waals surface area contributed by atoms with E-state index < -0.39 is 78.2 Å². The Bertz CT molecular complexity index is 3060. The average molecular weight is 1070 g/mol. The van der Waals surface area contributed by atoms with Gasteiger partial charge >= 0.3 is 12.4 Å². The fraction of sp³-hybridized carbons (Fsp3) is 0.474. The van der Waals surface area contributed by atoms with Crippen LogP contribution in [0.3, 0.4) is 0 Å². The summed E-state index contributed by atoms with van der Waals surface area (Å²) in [6.45, 7) is 6.03. The fourth-order valence-electron chi connectivity index (χ4n) is 7.78. The van der Waals surface area contributed by atoms with Gasteiger partial charge < -0.3 is 31.6 Å². The van der Waals surface area contributed by atoms with Gasteiger partial charge in [-0.3, -0.25) is 0 Å². The molecule has 8 heterocycles. The van der Waals surface area contributed by atoms with E-state index in [1.54, 1.807) is 13.8 Å². The molecule has 372 valence electrons. The van der Waals surface area contributed by atoms with Gasteiger partial charge in [-0.05, 0) is 38.5 Å². The maximum atomic E-state index is 14.4. The van der Waals surface area contributed by atoms with E-state index in [2.05, 4.69) is 55.5 Å².